The minimum atomic E-state index is -0.566. The molecule has 76 valence electrons. The Hall–Kier alpha value is -1.15. The number of carbonyl (C=O) groups excluding carboxylic acids is 1. The summed E-state index contributed by atoms with van der Waals surface area (Å²) in [7, 11) is 0. The van der Waals surface area contributed by atoms with Crippen LogP contribution in [-0.2, 0) is 4.79 Å². The SMILES string of the molecule is NC(=O)CNc1sc(Br)cc1[N+](=O)[O-]. The number of hydrogen-bond acceptors (Lipinski definition) is 5. The van der Waals surface area contributed by atoms with E-state index in [0.29, 0.717) is 8.79 Å². The Morgan fingerprint density at radius 2 is 2.43 bits per heavy atom. The minimum Gasteiger partial charge on any atom is -0.368 e. The molecule has 6 nitrogen and oxygen atoms in total. The fraction of sp³-hybridized carbons (Fsp3) is 0.167. The minimum absolute atomic E-state index is 0.0666. The fourth-order valence-electron chi connectivity index (χ4n) is 0.782. The topological polar surface area (TPSA) is 98.3 Å². The summed E-state index contributed by atoms with van der Waals surface area (Å²) in [5, 5.41) is 13.4. The van der Waals surface area contributed by atoms with Crippen molar-refractivity contribution in [2.24, 2.45) is 5.73 Å². The first kappa shape index (κ1) is 10.9. The molecule has 14 heavy (non-hydrogen) atoms. The van der Waals surface area contributed by atoms with Gasteiger partial charge in [0, 0.05) is 6.07 Å². The van der Waals surface area contributed by atoms with Crippen molar-refractivity contribution in [3.8, 4) is 0 Å². The van der Waals surface area contributed by atoms with Gasteiger partial charge in [-0.2, -0.15) is 0 Å². The molecule has 0 aliphatic heterocycles. The molecule has 0 unspecified atom stereocenters. The molecule has 1 aromatic heterocycles. The Kier molecular flexibility index (Phi) is 3.42. The number of halogens is 1. The number of nitrogens with two attached hydrogens (primary N) is 1. The van der Waals surface area contributed by atoms with E-state index in [1.165, 1.54) is 6.07 Å². The first-order valence-corrected chi connectivity index (χ1v) is 5.07. The van der Waals surface area contributed by atoms with Crippen molar-refractivity contribution < 1.29 is 9.72 Å². The van der Waals surface area contributed by atoms with Gasteiger partial charge >= 0.3 is 5.69 Å². The number of hydrogen-bond donors (Lipinski definition) is 2. The van der Waals surface area contributed by atoms with E-state index < -0.39 is 10.8 Å². The van der Waals surface area contributed by atoms with Crippen LogP contribution in [0.25, 0.3) is 0 Å². The largest absolute Gasteiger partial charge is 0.368 e. The lowest BCUT2D eigenvalue weighted by Crippen LogP contribution is -2.21. The number of rotatable bonds is 4. The predicted octanol–water partition coefficient (Wildman–Crippen LogP) is 1.32. The molecule has 0 atom stereocenters. The molecule has 0 aliphatic carbocycles. The lowest BCUT2D eigenvalue weighted by Gasteiger charge is -1.98. The van der Waals surface area contributed by atoms with Crippen molar-refractivity contribution in [2.45, 2.75) is 0 Å². The highest BCUT2D eigenvalue weighted by atomic mass is 79.9. The third-order valence-electron chi connectivity index (χ3n) is 1.30. The molecule has 0 bridgehead atoms. The van der Waals surface area contributed by atoms with Crippen molar-refractivity contribution in [2.75, 3.05) is 11.9 Å². The smallest absolute Gasteiger partial charge is 0.304 e. The fourth-order valence-corrected chi connectivity index (χ4v) is 2.23. The molecule has 1 amide bonds. The van der Waals surface area contributed by atoms with Gasteiger partial charge in [-0.25, -0.2) is 0 Å². The van der Waals surface area contributed by atoms with Crippen LogP contribution in [0.3, 0.4) is 0 Å². The summed E-state index contributed by atoms with van der Waals surface area (Å²) in [4.78, 5) is 20.4. The van der Waals surface area contributed by atoms with Crippen LogP contribution in [0.4, 0.5) is 10.7 Å². The molecule has 0 aromatic carbocycles. The number of thiophene rings is 1. The van der Waals surface area contributed by atoms with Gasteiger partial charge in [0.15, 0.2) is 5.00 Å². The molecule has 3 N–H and O–H groups in total. The van der Waals surface area contributed by atoms with Crippen LogP contribution in [0.15, 0.2) is 9.85 Å². The van der Waals surface area contributed by atoms with Crippen LogP contribution in [-0.4, -0.2) is 17.4 Å². The summed E-state index contributed by atoms with van der Waals surface area (Å²) in [5.74, 6) is -0.566. The molecule has 1 heterocycles. The van der Waals surface area contributed by atoms with Gasteiger partial charge in [-0.3, -0.25) is 14.9 Å². The van der Waals surface area contributed by atoms with E-state index >= 15 is 0 Å². The van der Waals surface area contributed by atoms with Crippen molar-refractivity contribution in [3.05, 3.63) is 20.0 Å². The number of nitro groups is 1. The van der Waals surface area contributed by atoms with E-state index in [4.69, 9.17) is 5.73 Å². The van der Waals surface area contributed by atoms with Gasteiger partial charge in [-0.1, -0.05) is 0 Å². The molecule has 8 heteroatoms. The Morgan fingerprint density at radius 3 is 2.93 bits per heavy atom. The molecule has 0 saturated heterocycles. The summed E-state index contributed by atoms with van der Waals surface area (Å²) in [6, 6.07) is 1.37. The number of nitrogens with one attached hydrogen (secondary N) is 1. The summed E-state index contributed by atoms with van der Waals surface area (Å²) >= 11 is 4.26. The number of anilines is 1. The van der Waals surface area contributed by atoms with Gasteiger partial charge in [0.05, 0.1) is 15.3 Å². The Morgan fingerprint density at radius 1 is 1.79 bits per heavy atom. The Balaban J connectivity index is 2.84. The summed E-state index contributed by atoms with van der Waals surface area (Å²) in [5.41, 5.74) is 4.83. The van der Waals surface area contributed by atoms with E-state index in [1.54, 1.807) is 0 Å². The molecule has 0 saturated carbocycles. The Labute approximate surface area is 91.4 Å². The van der Waals surface area contributed by atoms with Crippen LogP contribution in [0.2, 0.25) is 0 Å². The standard InChI is InChI=1S/C6H6BrN3O3S/c7-4-1-3(10(12)13)6(14-4)9-2-5(8)11/h1,9H,2H2,(H2,8,11). The van der Waals surface area contributed by atoms with Crippen LogP contribution >= 0.6 is 27.3 Å². The average Bonchev–Trinajstić information content (AvgIpc) is 2.43. The Bertz CT molecular complexity index is 378. The maximum absolute atomic E-state index is 10.5. The molecule has 0 radical (unpaired) electrons. The summed E-state index contributed by atoms with van der Waals surface area (Å²) in [6.45, 7) is -0.117. The van der Waals surface area contributed by atoms with Gasteiger partial charge in [-0.05, 0) is 15.9 Å². The average molecular weight is 280 g/mol. The van der Waals surface area contributed by atoms with Crippen LogP contribution in [0, 0.1) is 10.1 Å². The highest BCUT2D eigenvalue weighted by Gasteiger charge is 2.17. The maximum atomic E-state index is 10.5. The van der Waals surface area contributed by atoms with Gasteiger partial charge in [-0.15, -0.1) is 11.3 Å². The van der Waals surface area contributed by atoms with E-state index in [-0.39, 0.29) is 12.2 Å². The third-order valence-corrected chi connectivity index (χ3v) is 2.89. The van der Waals surface area contributed by atoms with E-state index in [2.05, 4.69) is 21.2 Å². The summed E-state index contributed by atoms with van der Waals surface area (Å²) < 4.78 is 0.621. The molecule has 0 fully saturated rings. The van der Waals surface area contributed by atoms with E-state index in [0.717, 1.165) is 11.3 Å². The lowest BCUT2D eigenvalue weighted by molar-refractivity contribution is -0.383. The van der Waals surface area contributed by atoms with Gasteiger partial charge in [0.2, 0.25) is 5.91 Å². The normalized spacial score (nSPS) is 9.79. The first-order valence-electron chi connectivity index (χ1n) is 3.46. The number of nitrogens with zero attached hydrogens (tertiary/aromatic N) is 1. The van der Waals surface area contributed by atoms with Crippen LogP contribution in [0.1, 0.15) is 0 Å². The second kappa shape index (κ2) is 4.38. The molecular formula is C6H6BrN3O3S. The molecular weight excluding hydrogens is 274 g/mol. The lowest BCUT2D eigenvalue weighted by atomic mass is 10.5. The monoisotopic (exact) mass is 279 g/mol. The number of amides is 1. The van der Waals surface area contributed by atoms with E-state index in [1.807, 2.05) is 0 Å². The third kappa shape index (κ3) is 2.67. The predicted molar refractivity (Wildman–Crippen MR) is 56.4 cm³/mol. The number of primary amides is 1. The van der Waals surface area contributed by atoms with E-state index in [9.17, 15) is 14.9 Å². The van der Waals surface area contributed by atoms with Gasteiger partial charge < -0.3 is 11.1 Å². The van der Waals surface area contributed by atoms with Crippen LogP contribution in [0.5, 0.6) is 0 Å². The quantitative estimate of drug-likeness (QED) is 0.641. The zero-order chi connectivity index (χ0) is 10.7. The maximum Gasteiger partial charge on any atom is 0.304 e. The zero-order valence-corrected chi connectivity index (χ0v) is 9.22. The van der Waals surface area contributed by atoms with Gasteiger partial charge in [0.25, 0.3) is 0 Å². The molecule has 1 rings (SSSR count). The second-order valence-electron chi connectivity index (χ2n) is 2.34. The van der Waals surface area contributed by atoms with Crippen molar-refractivity contribution in [3.63, 3.8) is 0 Å². The first-order chi connectivity index (χ1) is 6.50. The highest BCUT2D eigenvalue weighted by Crippen LogP contribution is 2.37. The second-order valence-corrected chi connectivity index (χ2v) is 4.77. The van der Waals surface area contributed by atoms with Crippen LogP contribution < -0.4 is 11.1 Å². The zero-order valence-electron chi connectivity index (χ0n) is 6.82. The molecule has 1 aromatic rings. The number of carbonyl (C=O) groups is 1. The highest BCUT2D eigenvalue weighted by molar-refractivity contribution is 9.11. The molecule has 0 spiro atoms. The summed E-state index contributed by atoms with van der Waals surface area (Å²) in [6.07, 6.45) is 0. The molecule has 0 aliphatic rings. The van der Waals surface area contributed by atoms with Crippen molar-refractivity contribution >= 4 is 43.9 Å². The van der Waals surface area contributed by atoms with Crippen molar-refractivity contribution in [1.82, 2.24) is 0 Å². The van der Waals surface area contributed by atoms with Gasteiger partial charge in [0.1, 0.15) is 0 Å². The van der Waals surface area contributed by atoms with Crippen molar-refractivity contribution in [1.29, 1.82) is 0 Å².